The van der Waals surface area contributed by atoms with Crippen LogP contribution in [0.5, 0.6) is 0 Å². The van der Waals surface area contributed by atoms with E-state index in [1.807, 2.05) is 0 Å². The number of amides is 2. The molecule has 2 rings (SSSR count). The standard InChI is InChI=1S/C13H14Cl2N2O3/c1-7(13(20)17-5-8(18)6-17)16-12(19)9-3-2-4-10(14)11(9)15/h2-4,7-8,18H,5-6H2,1H3,(H,16,19). The molecule has 7 heteroatoms. The Balaban J connectivity index is 2.00. The molecule has 1 aromatic rings. The van der Waals surface area contributed by atoms with Crippen molar-refractivity contribution in [3.8, 4) is 0 Å². The molecule has 0 saturated carbocycles. The molecule has 1 aliphatic rings. The number of carbonyl (C=O) groups is 2. The van der Waals surface area contributed by atoms with Gasteiger partial charge < -0.3 is 15.3 Å². The van der Waals surface area contributed by atoms with Gasteiger partial charge in [-0.1, -0.05) is 29.3 Å². The molecule has 1 fully saturated rings. The molecule has 108 valence electrons. The second-order valence-electron chi connectivity index (χ2n) is 4.69. The van der Waals surface area contributed by atoms with E-state index in [-0.39, 0.29) is 21.5 Å². The highest BCUT2D eigenvalue weighted by Gasteiger charge is 2.32. The number of carbonyl (C=O) groups excluding carboxylic acids is 2. The number of rotatable bonds is 3. The van der Waals surface area contributed by atoms with Gasteiger partial charge in [-0.3, -0.25) is 9.59 Å². The van der Waals surface area contributed by atoms with E-state index in [4.69, 9.17) is 28.3 Å². The number of aliphatic hydroxyl groups excluding tert-OH is 1. The average Bonchev–Trinajstić information content (AvgIpc) is 2.37. The van der Waals surface area contributed by atoms with E-state index in [0.29, 0.717) is 13.1 Å². The third-order valence-corrected chi connectivity index (χ3v) is 3.91. The van der Waals surface area contributed by atoms with Crippen molar-refractivity contribution in [1.29, 1.82) is 0 Å². The van der Waals surface area contributed by atoms with Crippen LogP contribution < -0.4 is 5.32 Å². The largest absolute Gasteiger partial charge is 0.389 e. The molecule has 2 N–H and O–H groups in total. The number of halogens is 2. The van der Waals surface area contributed by atoms with Crippen LogP contribution in [0.2, 0.25) is 10.0 Å². The van der Waals surface area contributed by atoms with Crippen LogP contribution in [0.25, 0.3) is 0 Å². The highest BCUT2D eigenvalue weighted by atomic mass is 35.5. The minimum Gasteiger partial charge on any atom is -0.389 e. The smallest absolute Gasteiger partial charge is 0.253 e. The fourth-order valence-electron chi connectivity index (χ4n) is 1.92. The molecule has 1 aromatic carbocycles. The van der Waals surface area contributed by atoms with Crippen LogP contribution >= 0.6 is 23.2 Å². The topological polar surface area (TPSA) is 69.6 Å². The first-order valence-corrected chi connectivity index (χ1v) is 6.87. The summed E-state index contributed by atoms with van der Waals surface area (Å²) < 4.78 is 0. The predicted octanol–water partition coefficient (Wildman–Crippen LogP) is 1.31. The van der Waals surface area contributed by atoms with Crippen molar-refractivity contribution in [2.24, 2.45) is 0 Å². The predicted molar refractivity (Wildman–Crippen MR) is 76.0 cm³/mol. The van der Waals surface area contributed by atoms with Crippen LogP contribution in [-0.4, -0.2) is 47.1 Å². The Hall–Kier alpha value is -1.30. The number of likely N-dealkylation sites (tertiary alicyclic amines) is 1. The molecule has 5 nitrogen and oxygen atoms in total. The van der Waals surface area contributed by atoms with Crippen molar-refractivity contribution in [2.75, 3.05) is 13.1 Å². The minimum absolute atomic E-state index is 0.158. The Bertz CT molecular complexity index is 544. The Labute approximate surface area is 126 Å². The molecule has 1 atom stereocenters. The summed E-state index contributed by atoms with van der Waals surface area (Å²) >= 11 is 11.8. The third kappa shape index (κ3) is 3.06. The van der Waals surface area contributed by atoms with Crippen LogP contribution in [0.1, 0.15) is 17.3 Å². The number of hydrogen-bond donors (Lipinski definition) is 2. The number of β-amino-alcohol motifs (C(OH)–C–C–N with tert-alkyl or cyclic N) is 1. The highest BCUT2D eigenvalue weighted by molar-refractivity contribution is 6.43. The van der Waals surface area contributed by atoms with Gasteiger partial charge in [0.2, 0.25) is 5.91 Å². The summed E-state index contributed by atoms with van der Waals surface area (Å²) in [5.41, 5.74) is 0.225. The van der Waals surface area contributed by atoms with Crippen molar-refractivity contribution < 1.29 is 14.7 Å². The zero-order valence-corrected chi connectivity index (χ0v) is 12.3. The Kier molecular flexibility index (Phi) is 4.52. The normalized spacial score (nSPS) is 16.5. The summed E-state index contributed by atoms with van der Waals surface area (Å²) in [6.07, 6.45) is -0.468. The molecule has 1 unspecified atom stereocenters. The van der Waals surface area contributed by atoms with Crippen LogP contribution in [-0.2, 0) is 4.79 Å². The molecule has 0 aromatic heterocycles. The van der Waals surface area contributed by atoms with Gasteiger partial charge in [-0.05, 0) is 19.1 Å². The van der Waals surface area contributed by atoms with E-state index in [2.05, 4.69) is 5.32 Å². The van der Waals surface area contributed by atoms with Gasteiger partial charge in [0.05, 0.1) is 21.7 Å². The summed E-state index contributed by atoms with van der Waals surface area (Å²) in [7, 11) is 0. The van der Waals surface area contributed by atoms with Crippen molar-refractivity contribution >= 4 is 35.0 Å². The SMILES string of the molecule is CC(NC(=O)c1cccc(Cl)c1Cl)C(=O)N1CC(O)C1. The van der Waals surface area contributed by atoms with Crippen LogP contribution in [0.15, 0.2) is 18.2 Å². The lowest BCUT2D eigenvalue weighted by Crippen LogP contribution is -2.58. The fraction of sp³-hybridized carbons (Fsp3) is 0.385. The lowest BCUT2D eigenvalue weighted by molar-refractivity contribution is -0.142. The minimum atomic E-state index is -0.690. The van der Waals surface area contributed by atoms with E-state index in [0.717, 1.165) is 0 Å². The molecule has 0 radical (unpaired) electrons. The zero-order chi connectivity index (χ0) is 14.9. The van der Waals surface area contributed by atoms with Crippen LogP contribution in [0, 0.1) is 0 Å². The van der Waals surface area contributed by atoms with Gasteiger partial charge in [0.25, 0.3) is 5.91 Å². The number of benzene rings is 1. The second kappa shape index (κ2) is 5.99. The van der Waals surface area contributed by atoms with Gasteiger partial charge >= 0.3 is 0 Å². The fourth-order valence-corrected chi connectivity index (χ4v) is 2.31. The van der Waals surface area contributed by atoms with E-state index >= 15 is 0 Å². The zero-order valence-electron chi connectivity index (χ0n) is 10.8. The average molecular weight is 317 g/mol. The van der Waals surface area contributed by atoms with E-state index in [9.17, 15) is 9.59 Å². The summed E-state index contributed by atoms with van der Waals surface area (Å²) in [6.45, 7) is 2.19. The van der Waals surface area contributed by atoms with Crippen molar-refractivity contribution in [2.45, 2.75) is 19.1 Å². The van der Waals surface area contributed by atoms with Crippen LogP contribution in [0.3, 0.4) is 0 Å². The molecule has 1 aliphatic heterocycles. The lowest BCUT2D eigenvalue weighted by Gasteiger charge is -2.37. The van der Waals surface area contributed by atoms with Gasteiger partial charge in [-0.15, -0.1) is 0 Å². The van der Waals surface area contributed by atoms with E-state index < -0.39 is 18.1 Å². The van der Waals surface area contributed by atoms with Crippen molar-refractivity contribution in [1.82, 2.24) is 10.2 Å². The summed E-state index contributed by atoms with van der Waals surface area (Å²) in [5, 5.41) is 12.2. The Morgan fingerprint density at radius 2 is 2.05 bits per heavy atom. The molecule has 20 heavy (non-hydrogen) atoms. The maximum atomic E-state index is 12.1. The number of hydrogen-bond acceptors (Lipinski definition) is 3. The summed E-state index contributed by atoms with van der Waals surface area (Å²) in [6, 6.07) is 4.04. The molecule has 1 saturated heterocycles. The van der Waals surface area contributed by atoms with Crippen molar-refractivity contribution in [3.05, 3.63) is 33.8 Å². The maximum absolute atomic E-state index is 12.1. The Morgan fingerprint density at radius 1 is 1.40 bits per heavy atom. The second-order valence-corrected chi connectivity index (χ2v) is 5.48. The highest BCUT2D eigenvalue weighted by Crippen LogP contribution is 2.25. The van der Waals surface area contributed by atoms with Gasteiger partial charge in [-0.2, -0.15) is 0 Å². The molecular weight excluding hydrogens is 303 g/mol. The van der Waals surface area contributed by atoms with Gasteiger partial charge in [0.1, 0.15) is 6.04 Å². The van der Waals surface area contributed by atoms with Crippen LogP contribution in [0.4, 0.5) is 0 Å². The molecule has 0 spiro atoms. The van der Waals surface area contributed by atoms with Gasteiger partial charge in [0, 0.05) is 13.1 Å². The Morgan fingerprint density at radius 3 is 2.65 bits per heavy atom. The quantitative estimate of drug-likeness (QED) is 0.883. The summed E-state index contributed by atoms with van der Waals surface area (Å²) in [4.78, 5) is 25.5. The molecule has 2 amide bonds. The number of aliphatic hydroxyl groups is 1. The maximum Gasteiger partial charge on any atom is 0.253 e. The monoisotopic (exact) mass is 316 g/mol. The van der Waals surface area contributed by atoms with Gasteiger partial charge in [-0.25, -0.2) is 0 Å². The third-order valence-electron chi connectivity index (χ3n) is 3.09. The number of nitrogens with zero attached hydrogens (tertiary/aromatic N) is 1. The summed E-state index contributed by atoms with van der Waals surface area (Å²) in [5.74, 6) is -0.693. The first-order valence-electron chi connectivity index (χ1n) is 6.12. The van der Waals surface area contributed by atoms with E-state index in [1.165, 1.54) is 11.0 Å². The van der Waals surface area contributed by atoms with Crippen molar-refractivity contribution in [3.63, 3.8) is 0 Å². The number of nitrogens with one attached hydrogen (secondary N) is 1. The molecular formula is C13H14Cl2N2O3. The first kappa shape index (κ1) is 15.1. The molecule has 1 heterocycles. The lowest BCUT2D eigenvalue weighted by atomic mass is 10.1. The molecule has 0 bridgehead atoms. The first-order chi connectivity index (χ1) is 9.40. The van der Waals surface area contributed by atoms with Gasteiger partial charge in [0.15, 0.2) is 0 Å². The van der Waals surface area contributed by atoms with E-state index in [1.54, 1.807) is 19.1 Å². The molecule has 0 aliphatic carbocycles.